The molecule has 0 unspecified atom stereocenters. The van der Waals surface area contributed by atoms with Gasteiger partial charge < -0.3 is 14.8 Å². The summed E-state index contributed by atoms with van der Waals surface area (Å²) in [6, 6.07) is 24.4. The molecule has 0 aliphatic carbocycles. The lowest BCUT2D eigenvalue weighted by Gasteiger charge is -2.12. The van der Waals surface area contributed by atoms with E-state index in [0.29, 0.717) is 24.5 Å². The van der Waals surface area contributed by atoms with Crippen LogP contribution in [0.1, 0.15) is 35.7 Å². The van der Waals surface area contributed by atoms with Crippen molar-refractivity contribution in [3.05, 3.63) is 90.0 Å². The van der Waals surface area contributed by atoms with E-state index in [2.05, 4.69) is 17.6 Å². The van der Waals surface area contributed by atoms with Crippen LogP contribution in [0.5, 0.6) is 11.5 Å². The molecule has 3 rings (SSSR count). The van der Waals surface area contributed by atoms with Gasteiger partial charge in [-0.1, -0.05) is 49.7 Å². The second kappa shape index (κ2) is 11.7. The summed E-state index contributed by atoms with van der Waals surface area (Å²) in [6.07, 6.45) is 2.08. The Morgan fingerprint density at radius 1 is 0.903 bits per heavy atom. The standard InChI is InChI=1S/C25H26N2O3S/c1-2-3-16-29-22-14-12-20(13-15-22)24(28)27-25(31)26-21-10-7-11-23(17-21)30-18-19-8-5-4-6-9-19/h4-15,17H,2-3,16,18H2,1H3,(H2,26,27,28,31). The zero-order valence-electron chi connectivity index (χ0n) is 17.5. The number of hydrogen-bond acceptors (Lipinski definition) is 4. The fraction of sp³-hybridized carbons (Fsp3) is 0.200. The van der Waals surface area contributed by atoms with Crippen molar-refractivity contribution in [3.63, 3.8) is 0 Å². The Bertz CT molecular complexity index is 991. The molecule has 160 valence electrons. The lowest BCUT2D eigenvalue weighted by molar-refractivity contribution is 0.0977. The van der Waals surface area contributed by atoms with Gasteiger partial charge in [0.15, 0.2) is 5.11 Å². The van der Waals surface area contributed by atoms with E-state index in [1.54, 1.807) is 24.3 Å². The summed E-state index contributed by atoms with van der Waals surface area (Å²) in [6.45, 7) is 3.26. The summed E-state index contributed by atoms with van der Waals surface area (Å²) in [5.74, 6) is 1.17. The number of hydrogen-bond donors (Lipinski definition) is 2. The van der Waals surface area contributed by atoms with Crippen LogP contribution in [0.15, 0.2) is 78.9 Å². The van der Waals surface area contributed by atoms with Gasteiger partial charge in [-0.25, -0.2) is 0 Å². The number of unbranched alkanes of at least 4 members (excludes halogenated alkanes) is 1. The number of thiocarbonyl (C=S) groups is 1. The number of nitrogens with one attached hydrogen (secondary N) is 2. The first-order valence-electron chi connectivity index (χ1n) is 10.3. The molecule has 5 nitrogen and oxygen atoms in total. The monoisotopic (exact) mass is 434 g/mol. The summed E-state index contributed by atoms with van der Waals surface area (Å²) >= 11 is 5.28. The van der Waals surface area contributed by atoms with Gasteiger partial charge in [0.1, 0.15) is 18.1 Å². The Morgan fingerprint density at radius 2 is 1.68 bits per heavy atom. The van der Waals surface area contributed by atoms with Crippen LogP contribution in [-0.2, 0) is 6.61 Å². The molecule has 0 radical (unpaired) electrons. The van der Waals surface area contributed by atoms with E-state index in [0.717, 1.165) is 29.8 Å². The number of carbonyl (C=O) groups is 1. The van der Waals surface area contributed by atoms with Crippen LogP contribution in [0.4, 0.5) is 5.69 Å². The van der Waals surface area contributed by atoms with Crippen molar-refractivity contribution < 1.29 is 14.3 Å². The van der Waals surface area contributed by atoms with Gasteiger partial charge in [0, 0.05) is 17.3 Å². The first-order chi connectivity index (χ1) is 15.1. The highest BCUT2D eigenvalue weighted by Gasteiger charge is 2.09. The predicted molar refractivity (Wildman–Crippen MR) is 128 cm³/mol. The molecule has 3 aromatic carbocycles. The first-order valence-corrected chi connectivity index (χ1v) is 10.7. The lowest BCUT2D eigenvalue weighted by atomic mass is 10.2. The molecule has 0 heterocycles. The fourth-order valence-corrected chi connectivity index (χ4v) is 2.99. The molecule has 0 aliphatic rings. The van der Waals surface area contributed by atoms with Gasteiger partial charge in [-0.15, -0.1) is 0 Å². The van der Waals surface area contributed by atoms with E-state index in [9.17, 15) is 4.79 Å². The van der Waals surface area contributed by atoms with Crippen LogP contribution in [0.2, 0.25) is 0 Å². The largest absolute Gasteiger partial charge is 0.494 e. The summed E-state index contributed by atoms with van der Waals surface area (Å²) in [7, 11) is 0. The van der Waals surface area contributed by atoms with E-state index < -0.39 is 0 Å². The van der Waals surface area contributed by atoms with Crippen molar-refractivity contribution in [2.24, 2.45) is 0 Å². The van der Waals surface area contributed by atoms with Gasteiger partial charge in [-0.2, -0.15) is 0 Å². The Kier molecular flexibility index (Phi) is 8.43. The third-order valence-electron chi connectivity index (χ3n) is 4.45. The first kappa shape index (κ1) is 22.3. The van der Waals surface area contributed by atoms with E-state index >= 15 is 0 Å². The Balaban J connectivity index is 1.50. The maximum absolute atomic E-state index is 12.4. The highest BCUT2D eigenvalue weighted by atomic mass is 32.1. The third kappa shape index (κ3) is 7.42. The van der Waals surface area contributed by atoms with Gasteiger partial charge in [-0.3, -0.25) is 10.1 Å². The van der Waals surface area contributed by atoms with Crippen LogP contribution in [-0.4, -0.2) is 17.6 Å². The van der Waals surface area contributed by atoms with Crippen LogP contribution >= 0.6 is 12.2 Å². The highest BCUT2D eigenvalue weighted by molar-refractivity contribution is 7.80. The average Bonchev–Trinajstić information content (AvgIpc) is 2.79. The van der Waals surface area contributed by atoms with E-state index in [1.807, 2.05) is 54.6 Å². The molecule has 0 spiro atoms. The minimum absolute atomic E-state index is 0.216. The maximum atomic E-state index is 12.4. The lowest BCUT2D eigenvalue weighted by Crippen LogP contribution is -2.34. The van der Waals surface area contributed by atoms with Crippen LogP contribution in [0, 0.1) is 0 Å². The fourth-order valence-electron chi connectivity index (χ4n) is 2.78. The van der Waals surface area contributed by atoms with Crippen molar-refractivity contribution >= 4 is 28.9 Å². The molecular formula is C25H26N2O3S. The zero-order valence-corrected chi connectivity index (χ0v) is 18.3. The molecule has 0 aliphatic heterocycles. The number of amides is 1. The Labute approximate surface area is 188 Å². The molecule has 1 amide bonds. The molecule has 0 fully saturated rings. The second-order valence-corrected chi connectivity index (χ2v) is 7.34. The molecule has 0 aromatic heterocycles. The molecule has 0 bridgehead atoms. The summed E-state index contributed by atoms with van der Waals surface area (Å²) in [5, 5.41) is 5.93. The van der Waals surface area contributed by atoms with Crippen LogP contribution in [0.3, 0.4) is 0 Å². The van der Waals surface area contributed by atoms with Gasteiger partial charge in [0.25, 0.3) is 5.91 Å². The average molecular weight is 435 g/mol. The van der Waals surface area contributed by atoms with Crippen molar-refractivity contribution in [2.45, 2.75) is 26.4 Å². The predicted octanol–water partition coefficient (Wildman–Crippen LogP) is 5.57. The Morgan fingerprint density at radius 3 is 2.42 bits per heavy atom. The smallest absolute Gasteiger partial charge is 0.257 e. The van der Waals surface area contributed by atoms with Gasteiger partial charge in [-0.05, 0) is 60.6 Å². The third-order valence-corrected chi connectivity index (χ3v) is 4.65. The van der Waals surface area contributed by atoms with E-state index in [1.165, 1.54) is 0 Å². The normalized spacial score (nSPS) is 10.2. The van der Waals surface area contributed by atoms with Crippen molar-refractivity contribution in [3.8, 4) is 11.5 Å². The van der Waals surface area contributed by atoms with Crippen LogP contribution in [0.25, 0.3) is 0 Å². The van der Waals surface area contributed by atoms with Crippen LogP contribution < -0.4 is 20.1 Å². The molecule has 3 aromatic rings. The number of rotatable bonds is 9. The molecule has 0 saturated heterocycles. The maximum Gasteiger partial charge on any atom is 0.257 e. The molecule has 2 N–H and O–H groups in total. The van der Waals surface area contributed by atoms with Crippen molar-refractivity contribution in [2.75, 3.05) is 11.9 Å². The molecule has 31 heavy (non-hydrogen) atoms. The molecule has 6 heteroatoms. The highest BCUT2D eigenvalue weighted by Crippen LogP contribution is 2.19. The van der Waals surface area contributed by atoms with Crippen molar-refractivity contribution in [1.29, 1.82) is 0 Å². The molecular weight excluding hydrogens is 408 g/mol. The summed E-state index contributed by atoms with van der Waals surface area (Å²) in [4.78, 5) is 12.4. The SMILES string of the molecule is CCCCOc1ccc(C(=O)NC(=S)Nc2cccc(OCc3ccccc3)c2)cc1. The quantitative estimate of drug-likeness (QED) is 0.340. The van der Waals surface area contributed by atoms with E-state index in [4.69, 9.17) is 21.7 Å². The second-order valence-electron chi connectivity index (χ2n) is 6.94. The van der Waals surface area contributed by atoms with Crippen molar-refractivity contribution in [1.82, 2.24) is 5.32 Å². The minimum Gasteiger partial charge on any atom is -0.494 e. The minimum atomic E-state index is -0.283. The van der Waals surface area contributed by atoms with Gasteiger partial charge >= 0.3 is 0 Å². The number of anilines is 1. The summed E-state index contributed by atoms with van der Waals surface area (Å²) in [5.41, 5.74) is 2.33. The zero-order chi connectivity index (χ0) is 21.9. The molecule has 0 atom stereocenters. The molecule has 0 saturated carbocycles. The number of benzene rings is 3. The number of ether oxygens (including phenoxy) is 2. The van der Waals surface area contributed by atoms with Gasteiger partial charge in [0.05, 0.1) is 6.61 Å². The van der Waals surface area contributed by atoms with E-state index in [-0.39, 0.29) is 11.0 Å². The van der Waals surface area contributed by atoms with Gasteiger partial charge in [0.2, 0.25) is 0 Å². The number of carbonyl (C=O) groups excluding carboxylic acids is 1. The summed E-state index contributed by atoms with van der Waals surface area (Å²) < 4.78 is 11.4. The Hall–Kier alpha value is -3.38. The topological polar surface area (TPSA) is 59.6 Å².